The SMILES string of the molecule is C=CC(=O)OCC(C)O[Si](CCC)(OC)OC. The summed E-state index contributed by atoms with van der Waals surface area (Å²) in [5.41, 5.74) is 0. The molecule has 5 nitrogen and oxygen atoms in total. The van der Waals surface area contributed by atoms with Crippen molar-refractivity contribution in [3.63, 3.8) is 0 Å². The summed E-state index contributed by atoms with van der Waals surface area (Å²) >= 11 is 0. The number of ether oxygens (including phenoxy) is 1. The van der Waals surface area contributed by atoms with Gasteiger partial charge in [-0.2, -0.15) is 0 Å². The van der Waals surface area contributed by atoms with E-state index in [1.807, 2.05) is 13.8 Å². The predicted octanol–water partition coefficient (Wildman–Crippen LogP) is 1.76. The second-order valence-corrected chi connectivity index (χ2v) is 6.52. The Morgan fingerprint density at radius 2 is 2.00 bits per heavy atom. The minimum atomic E-state index is -2.61. The van der Waals surface area contributed by atoms with Crippen molar-refractivity contribution in [2.45, 2.75) is 32.4 Å². The molecule has 0 saturated heterocycles. The second-order valence-electron chi connectivity index (χ2n) is 3.60. The molecule has 0 N–H and O–H groups in total. The molecule has 0 radical (unpaired) electrons. The van der Waals surface area contributed by atoms with Crippen molar-refractivity contribution in [1.82, 2.24) is 0 Å². The zero-order chi connectivity index (χ0) is 13.3. The average Bonchev–Trinajstić information content (AvgIpc) is 2.35. The summed E-state index contributed by atoms with van der Waals surface area (Å²) < 4.78 is 21.4. The van der Waals surface area contributed by atoms with Crippen molar-refractivity contribution in [2.75, 3.05) is 20.8 Å². The Balaban J connectivity index is 4.24. The highest BCUT2D eigenvalue weighted by atomic mass is 28.4. The van der Waals surface area contributed by atoms with Crippen LogP contribution in [-0.2, 0) is 22.8 Å². The van der Waals surface area contributed by atoms with E-state index in [0.717, 1.165) is 18.5 Å². The van der Waals surface area contributed by atoms with Gasteiger partial charge in [0.15, 0.2) is 0 Å². The van der Waals surface area contributed by atoms with Gasteiger partial charge in [0.25, 0.3) is 0 Å². The fourth-order valence-electron chi connectivity index (χ4n) is 1.35. The summed E-state index contributed by atoms with van der Waals surface area (Å²) in [7, 11) is 0.549. The standard InChI is InChI=1S/C11H22O5Si/c1-6-8-17(13-4,14-5)16-10(3)9-15-11(12)7-2/h7,10H,2,6,8-9H2,1,3-5H3. The van der Waals surface area contributed by atoms with Crippen molar-refractivity contribution in [1.29, 1.82) is 0 Å². The summed E-state index contributed by atoms with van der Waals surface area (Å²) in [5, 5.41) is 0. The zero-order valence-electron chi connectivity index (χ0n) is 11.0. The van der Waals surface area contributed by atoms with E-state index in [-0.39, 0.29) is 12.7 Å². The Labute approximate surface area is 104 Å². The maximum absolute atomic E-state index is 10.9. The first kappa shape index (κ1) is 16.3. The van der Waals surface area contributed by atoms with Crippen molar-refractivity contribution >= 4 is 14.8 Å². The molecule has 0 aliphatic heterocycles. The van der Waals surface area contributed by atoms with Crippen molar-refractivity contribution in [3.8, 4) is 0 Å². The maximum atomic E-state index is 10.9. The van der Waals surface area contributed by atoms with E-state index in [1.165, 1.54) is 0 Å². The lowest BCUT2D eigenvalue weighted by Crippen LogP contribution is -2.47. The van der Waals surface area contributed by atoms with Gasteiger partial charge in [-0.3, -0.25) is 0 Å². The minimum absolute atomic E-state index is 0.163. The van der Waals surface area contributed by atoms with Gasteiger partial charge < -0.3 is 18.0 Å². The molecule has 1 atom stereocenters. The van der Waals surface area contributed by atoms with Crippen LogP contribution < -0.4 is 0 Å². The van der Waals surface area contributed by atoms with Gasteiger partial charge in [-0.05, 0) is 6.92 Å². The van der Waals surface area contributed by atoms with E-state index in [2.05, 4.69) is 6.58 Å². The first-order valence-corrected chi connectivity index (χ1v) is 7.54. The fraction of sp³-hybridized carbons (Fsp3) is 0.727. The molecule has 0 heterocycles. The minimum Gasteiger partial charge on any atom is -0.460 e. The van der Waals surface area contributed by atoms with Gasteiger partial charge in [0, 0.05) is 26.3 Å². The number of carbonyl (C=O) groups excluding carboxylic acids is 1. The third-order valence-corrected chi connectivity index (χ3v) is 5.30. The van der Waals surface area contributed by atoms with Gasteiger partial charge in [-0.25, -0.2) is 4.79 Å². The van der Waals surface area contributed by atoms with Crippen LogP contribution in [0, 0.1) is 0 Å². The third-order valence-electron chi connectivity index (χ3n) is 2.19. The molecule has 6 heteroatoms. The molecule has 17 heavy (non-hydrogen) atoms. The summed E-state index contributed by atoms with van der Waals surface area (Å²) in [6, 6.07) is 0.736. The zero-order valence-corrected chi connectivity index (χ0v) is 12.0. The Morgan fingerprint density at radius 3 is 2.41 bits per heavy atom. The van der Waals surface area contributed by atoms with E-state index in [9.17, 15) is 4.79 Å². The van der Waals surface area contributed by atoms with Gasteiger partial charge in [0.05, 0.1) is 6.10 Å². The van der Waals surface area contributed by atoms with Crippen LogP contribution in [0.4, 0.5) is 0 Å². The summed E-state index contributed by atoms with van der Waals surface area (Å²) in [5.74, 6) is -0.460. The molecule has 0 spiro atoms. The fourth-order valence-corrected chi connectivity index (χ4v) is 3.53. The van der Waals surface area contributed by atoms with Crippen LogP contribution in [-0.4, -0.2) is 41.7 Å². The Bertz CT molecular complexity index is 240. The molecule has 100 valence electrons. The molecular weight excluding hydrogens is 240 g/mol. The molecule has 0 rings (SSSR count). The molecule has 0 amide bonds. The van der Waals surface area contributed by atoms with Gasteiger partial charge in [-0.1, -0.05) is 19.9 Å². The van der Waals surface area contributed by atoms with Crippen LogP contribution in [0.5, 0.6) is 0 Å². The van der Waals surface area contributed by atoms with Gasteiger partial charge in [-0.15, -0.1) is 0 Å². The highest BCUT2D eigenvalue weighted by Gasteiger charge is 2.39. The van der Waals surface area contributed by atoms with Gasteiger partial charge >= 0.3 is 14.8 Å². The molecule has 0 fully saturated rings. The van der Waals surface area contributed by atoms with Crippen LogP contribution in [0.2, 0.25) is 6.04 Å². The Morgan fingerprint density at radius 1 is 1.41 bits per heavy atom. The predicted molar refractivity (Wildman–Crippen MR) is 66.6 cm³/mol. The normalized spacial score (nSPS) is 13.2. The van der Waals surface area contributed by atoms with E-state index in [4.69, 9.17) is 18.0 Å². The largest absolute Gasteiger partial charge is 0.500 e. The Hall–Kier alpha value is -0.693. The van der Waals surface area contributed by atoms with E-state index >= 15 is 0 Å². The van der Waals surface area contributed by atoms with Gasteiger partial charge in [0.2, 0.25) is 0 Å². The summed E-state index contributed by atoms with van der Waals surface area (Å²) in [6.07, 6.45) is 1.76. The van der Waals surface area contributed by atoms with Crippen LogP contribution >= 0.6 is 0 Å². The summed E-state index contributed by atoms with van der Waals surface area (Å²) in [6.45, 7) is 7.33. The lowest BCUT2D eigenvalue weighted by molar-refractivity contribution is -0.140. The second kappa shape index (κ2) is 8.41. The quantitative estimate of drug-likeness (QED) is 0.360. The number of hydrogen-bond acceptors (Lipinski definition) is 5. The molecule has 0 aromatic rings. The maximum Gasteiger partial charge on any atom is 0.500 e. The van der Waals surface area contributed by atoms with Crippen molar-refractivity contribution in [2.24, 2.45) is 0 Å². The van der Waals surface area contributed by atoms with Crippen LogP contribution in [0.3, 0.4) is 0 Å². The molecule has 0 aromatic heterocycles. The van der Waals surface area contributed by atoms with Crippen molar-refractivity contribution < 1.29 is 22.8 Å². The monoisotopic (exact) mass is 262 g/mol. The number of esters is 1. The highest BCUT2D eigenvalue weighted by Crippen LogP contribution is 2.18. The lowest BCUT2D eigenvalue weighted by atomic mass is 10.4. The molecule has 0 saturated carbocycles. The highest BCUT2D eigenvalue weighted by molar-refractivity contribution is 6.60. The van der Waals surface area contributed by atoms with E-state index < -0.39 is 14.8 Å². The number of rotatable bonds is 9. The molecule has 0 aliphatic rings. The third kappa shape index (κ3) is 5.97. The smallest absolute Gasteiger partial charge is 0.460 e. The van der Waals surface area contributed by atoms with Crippen LogP contribution in [0.15, 0.2) is 12.7 Å². The molecule has 0 aromatic carbocycles. The van der Waals surface area contributed by atoms with Crippen LogP contribution in [0.25, 0.3) is 0 Å². The Kier molecular flexibility index (Phi) is 8.06. The van der Waals surface area contributed by atoms with Crippen molar-refractivity contribution in [3.05, 3.63) is 12.7 Å². The molecule has 1 unspecified atom stereocenters. The van der Waals surface area contributed by atoms with Gasteiger partial charge in [0.1, 0.15) is 6.61 Å². The first-order valence-electron chi connectivity index (χ1n) is 5.60. The topological polar surface area (TPSA) is 54.0 Å². The molecule has 0 aliphatic carbocycles. The lowest BCUT2D eigenvalue weighted by Gasteiger charge is -2.29. The number of carbonyl (C=O) groups is 1. The molecular formula is C11H22O5Si. The average molecular weight is 262 g/mol. The molecule has 0 bridgehead atoms. The van der Waals surface area contributed by atoms with Crippen LogP contribution in [0.1, 0.15) is 20.3 Å². The van der Waals surface area contributed by atoms with E-state index in [0.29, 0.717) is 0 Å². The van der Waals surface area contributed by atoms with E-state index in [1.54, 1.807) is 14.2 Å². The number of hydrogen-bond donors (Lipinski definition) is 0. The summed E-state index contributed by atoms with van der Waals surface area (Å²) in [4.78, 5) is 10.9. The first-order chi connectivity index (χ1) is 8.03.